The molecule has 12 nitrogen and oxygen atoms in total. The number of carboxylic acids is 2. The van der Waals surface area contributed by atoms with E-state index in [1.165, 1.54) is 0 Å². The number of rotatable bonds is 18. The molecular weight excluding hydrogens is 508 g/mol. The summed E-state index contributed by atoms with van der Waals surface area (Å²) in [6, 6.07) is -3.87. The smallest absolute Gasteiger partial charge is 0.326 e. The molecule has 0 saturated heterocycles. The lowest BCUT2D eigenvalue weighted by molar-refractivity contribution is -0.144. The minimum Gasteiger partial charge on any atom is -0.480 e. The van der Waals surface area contributed by atoms with Gasteiger partial charge in [-0.3, -0.25) is 19.2 Å². The van der Waals surface area contributed by atoms with Crippen molar-refractivity contribution >= 4 is 35.6 Å². The van der Waals surface area contributed by atoms with Crippen molar-refractivity contribution in [3.63, 3.8) is 0 Å². The molecule has 0 unspecified atom stereocenters. The molecule has 0 fully saturated rings. The highest BCUT2D eigenvalue weighted by Crippen LogP contribution is 2.10. The molecule has 4 amide bonds. The maximum atomic E-state index is 12.6. The first-order chi connectivity index (χ1) is 18.0. The summed E-state index contributed by atoms with van der Waals surface area (Å²) in [6.45, 7) is 13.7. The first kappa shape index (κ1) is 35.8. The van der Waals surface area contributed by atoms with Gasteiger partial charge in [-0.1, -0.05) is 61.8 Å². The van der Waals surface area contributed by atoms with E-state index in [0.717, 1.165) is 0 Å². The van der Waals surface area contributed by atoms with Gasteiger partial charge in [0.2, 0.25) is 23.6 Å². The van der Waals surface area contributed by atoms with E-state index >= 15 is 0 Å². The third-order valence-electron chi connectivity index (χ3n) is 6.30. The Bertz CT molecular complexity index is 789. The zero-order chi connectivity index (χ0) is 30.4. The summed E-state index contributed by atoms with van der Waals surface area (Å²) >= 11 is 0. The summed E-state index contributed by atoms with van der Waals surface area (Å²) in [6.07, 6.45) is 1.76. The Morgan fingerprint density at radius 2 is 0.744 bits per heavy atom. The van der Waals surface area contributed by atoms with Crippen molar-refractivity contribution in [3.8, 4) is 0 Å². The van der Waals surface area contributed by atoms with E-state index in [2.05, 4.69) is 21.3 Å². The number of hydrogen-bond donors (Lipinski definition) is 6. The van der Waals surface area contributed by atoms with Gasteiger partial charge in [0.1, 0.15) is 24.2 Å². The average Bonchev–Trinajstić information content (AvgIpc) is 2.80. The standard InChI is InChI=1S/C27H48N4O8/c1-14(2)20(24(34)30-22(16(5)6)26(36)37)28-18(32)12-10-9-11-13-19(33)29-21(15(3)4)25(35)31-23(17(7)8)27(38)39/h14-17,20-23H,9-13H2,1-8H3,(H,28,32)(H,29,33)(H,30,34)(H,31,35)(H,36,37)(H,38,39)/t20-,21-,22-,23-/m0/s1. The van der Waals surface area contributed by atoms with Crippen LogP contribution < -0.4 is 21.3 Å². The number of aliphatic carboxylic acids is 2. The fourth-order valence-electron chi connectivity index (χ4n) is 3.82. The zero-order valence-corrected chi connectivity index (χ0v) is 24.5. The van der Waals surface area contributed by atoms with Crippen LogP contribution in [0.5, 0.6) is 0 Å². The Hall–Kier alpha value is -3.18. The number of nitrogens with one attached hydrogen (secondary N) is 4. The summed E-state index contributed by atoms with van der Waals surface area (Å²) < 4.78 is 0. The third-order valence-corrected chi connectivity index (χ3v) is 6.30. The van der Waals surface area contributed by atoms with Gasteiger partial charge in [-0.2, -0.15) is 0 Å². The van der Waals surface area contributed by atoms with Crippen molar-refractivity contribution in [2.75, 3.05) is 0 Å². The van der Waals surface area contributed by atoms with Crippen LogP contribution in [0.15, 0.2) is 0 Å². The van der Waals surface area contributed by atoms with Crippen LogP contribution in [0.25, 0.3) is 0 Å². The quantitative estimate of drug-likeness (QED) is 0.137. The van der Waals surface area contributed by atoms with E-state index in [0.29, 0.717) is 19.3 Å². The maximum absolute atomic E-state index is 12.6. The molecule has 0 aromatic rings. The second-order valence-corrected chi connectivity index (χ2v) is 11.3. The lowest BCUT2D eigenvalue weighted by Crippen LogP contribution is -2.55. The molecule has 224 valence electrons. The van der Waals surface area contributed by atoms with E-state index in [4.69, 9.17) is 0 Å². The Morgan fingerprint density at radius 3 is 0.974 bits per heavy atom. The van der Waals surface area contributed by atoms with Crippen molar-refractivity contribution in [2.24, 2.45) is 23.7 Å². The molecule has 39 heavy (non-hydrogen) atoms. The van der Waals surface area contributed by atoms with E-state index in [1.54, 1.807) is 55.4 Å². The first-order valence-electron chi connectivity index (χ1n) is 13.6. The topological polar surface area (TPSA) is 191 Å². The highest BCUT2D eigenvalue weighted by atomic mass is 16.4. The molecule has 0 aromatic heterocycles. The van der Waals surface area contributed by atoms with Gasteiger partial charge < -0.3 is 31.5 Å². The largest absolute Gasteiger partial charge is 0.480 e. The van der Waals surface area contributed by atoms with Crippen molar-refractivity contribution < 1.29 is 39.0 Å². The molecule has 0 spiro atoms. The zero-order valence-electron chi connectivity index (χ0n) is 24.5. The van der Waals surface area contributed by atoms with Crippen LogP contribution in [0.1, 0.15) is 87.5 Å². The summed E-state index contributed by atoms with van der Waals surface area (Å²) in [5.74, 6) is -5.23. The molecule has 6 N–H and O–H groups in total. The Kier molecular flexibility index (Phi) is 16.0. The minimum absolute atomic E-state index is 0.132. The summed E-state index contributed by atoms with van der Waals surface area (Å²) in [5, 5.41) is 28.9. The lowest BCUT2D eigenvalue weighted by Gasteiger charge is -2.25. The Balaban J connectivity index is 4.69. The summed E-state index contributed by atoms with van der Waals surface area (Å²) in [5.41, 5.74) is 0. The second kappa shape index (κ2) is 17.4. The van der Waals surface area contributed by atoms with Crippen LogP contribution >= 0.6 is 0 Å². The van der Waals surface area contributed by atoms with Crippen LogP contribution in [-0.4, -0.2) is 69.9 Å². The highest BCUT2D eigenvalue weighted by molar-refractivity contribution is 5.91. The summed E-state index contributed by atoms with van der Waals surface area (Å²) in [7, 11) is 0. The van der Waals surface area contributed by atoms with Crippen LogP contribution in [0.3, 0.4) is 0 Å². The van der Waals surface area contributed by atoms with Crippen molar-refractivity contribution in [3.05, 3.63) is 0 Å². The average molecular weight is 557 g/mol. The first-order valence-corrected chi connectivity index (χ1v) is 13.6. The molecule has 0 aromatic carbocycles. The molecule has 0 aliphatic rings. The molecule has 0 bridgehead atoms. The number of carbonyl (C=O) groups excluding carboxylic acids is 4. The number of hydrogen-bond acceptors (Lipinski definition) is 6. The van der Waals surface area contributed by atoms with Gasteiger partial charge in [0, 0.05) is 12.8 Å². The maximum Gasteiger partial charge on any atom is 0.326 e. The van der Waals surface area contributed by atoms with Crippen LogP contribution in [-0.2, 0) is 28.8 Å². The minimum atomic E-state index is -1.14. The molecule has 4 atom stereocenters. The van der Waals surface area contributed by atoms with Crippen molar-refractivity contribution in [2.45, 2.75) is 112 Å². The predicted octanol–water partition coefficient (Wildman–Crippen LogP) is 1.67. The fourth-order valence-corrected chi connectivity index (χ4v) is 3.82. The van der Waals surface area contributed by atoms with Gasteiger partial charge in [-0.05, 0) is 36.5 Å². The van der Waals surface area contributed by atoms with E-state index in [1.807, 2.05) is 0 Å². The molecular formula is C27H48N4O8. The van der Waals surface area contributed by atoms with Crippen molar-refractivity contribution in [1.82, 2.24) is 21.3 Å². The van der Waals surface area contributed by atoms with E-state index < -0.39 is 47.9 Å². The van der Waals surface area contributed by atoms with Gasteiger partial charge in [0.15, 0.2) is 0 Å². The van der Waals surface area contributed by atoms with Crippen LogP contribution in [0.4, 0.5) is 0 Å². The molecule has 0 rings (SSSR count). The highest BCUT2D eigenvalue weighted by Gasteiger charge is 2.31. The number of unbranched alkanes of at least 4 members (excludes halogenated alkanes) is 2. The van der Waals surface area contributed by atoms with Crippen LogP contribution in [0, 0.1) is 23.7 Å². The third kappa shape index (κ3) is 13.4. The van der Waals surface area contributed by atoms with Gasteiger partial charge >= 0.3 is 11.9 Å². The van der Waals surface area contributed by atoms with E-state index in [-0.39, 0.29) is 48.3 Å². The molecule has 0 saturated carbocycles. The Morgan fingerprint density at radius 1 is 0.462 bits per heavy atom. The number of carboxylic acid groups (broad SMARTS) is 2. The van der Waals surface area contributed by atoms with Gasteiger partial charge in [-0.15, -0.1) is 0 Å². The van der Waals surface area contributed by atoms with Crippen LogP contribution in [0.2, 0.25) is 0 Å². The van der Waals surface area contributed by atoms with E-state index in [9.17, 15) is 39.0 Å². The molecule has 0 radical (unpaired) electrons. The van der Waals surface area contributed by atoms with Gasteiger partial charge in [0.25, 0.3) is 0 Å². The molecule has 12 heteroatoms. The summed E-state index contributed by atoms with van der Waals surface area (Å²) in [4.78, 5) is 72.8. The SMILES string of the molecule is CC(C)[C@H](NC(=O)[C@@H](NC(=O)CCCCCC(=O)N[C@H](C(=O)N[C@H](C(=O)O)C(C)C)C(C)C)C(C)C)C(=O)O. The number of amides is 4. The van der Waals surface area contributed by atoms with Crippen molar-refractivity contribution in [1.29, 1.82) is 0 Å². The van der Waals surface area contributed by atoms with Gasteiger partial charge in [-0.25, -0.2) is 9.59 Å². The predicted molar refractivity (Wildman–Crippen MR) is 145 cm³/mol. The fraction of sp³-hybridized carbons (Fsp3) is 0.778. The molecule has 0 heterocycles. The monoisotopic (exact) mass is 556 g/mol. The molecule has 0 aliphatic heterocycles. The second-order valence-electron chi connectivity index (χ2n) is 11.3. The Labute approximate surface area is 231 Å². The van der Waals surface area contributed by atoms with Gasteiger partial charge in [0.05, 0.1) is 0 Å². The molecule has 0 aliphatic carbocycles. The normalized spacial score (nSPS) is 14.5. The lowest BCUT2D eigenvalue weighted by atomic mass is 9.99. The number of carbonyl (C=O) groups is 6.